The first kappa shape index (κ1) is 18.0. The highest BCUT2D eigenvalue weighted by Crippen LogP contribution is 2.18. The second-order valence-electron chi connectivity index (χ2n) is 6.31. The summed E-state index contributed by atoms with van der Waals surface area (Å²) in [6.45, 7) is 5.14. The standard InChI is InChI=1S/C19H26N2O3/c1-14(2)24-17-8-4-6-15(12-17)9-10-18(22)21-11-5-7-16(13-21)19(23)20-3/h4,6,8-10,12,14,16H,5,7,11,13H2,1-3H3,(H,20,23). The minimum absolute atomic E-state index is 0.00927. The average molecular weight is 330 g/mol. The number of ether oxygens (including phenoxy) is 1. The van der Waals surface area contributed by atoms with Gasteiger partial charge in [-0.1, -0.05) is 12.1 Å². The van der Waals surface area contributed by atoms with Gasteiger partial charge in [0.25, 0.3) is 0 Å². The summed E-state index contributed by atoms with van der Waals surface area (Å²) in [6.07, 6.45) is 5.16. The molecule has 1 aliphatic rings. The van der Waals surface area contributed by atoms with E-state index in [1.165, 1.54) is 0 Å². The maximum absolute atomic E-state index is 12.4. The van der Waals surface area contributed by atoms with E-state index in [4.69, 9.17) is 4.74 Å². The van der Waals surface area contributed by atoms with E-state index in [0.717, 1.165) is 24.2 Å². The molecule has 1 N–H and O–H groups in total. The third-order valence-electron chi connectivity index (χ3n) is 4.00. The molecule has 0 aromatic heterocycles. The highest BCUT2D eigenvalue weighted by molar-refractivity contribution is 5.92. The van der Waals surface area contributed by atoms with Gasteiger partial charge in [0.15, 0.2) is 0 Å². The summed E-state index contributed by atoms with van der Waals surface area (Å²) in [7, 11) is 1.63. The molecule has 130 valence electrons. The van der Waals surface area contributed by atoms with E-state index < -0.39 is 0 Å². The van der Waals surface area contributed by atoms with Gasteiger partial charge in [0.1, 0.15) is 5.75 Å². The predicted molar refractivity (Wildman–Crippen MR) is 94.6 cm³/mol. The van der Waals surface area contributed by atoms with Gasteiger partial charge in [-0.05, 0) is 50.5 Å². The van der Waals surface area contributed by atoms with Gasteiger partial charge in [-0.15, -0.1) is 0 Å². The van der Waals surface area contributed by atoms with Crippen LogP contribution >= 0.6 is 0 Å². The highest BCUT2D eigenvalue weighted by atomic mass is 16.5. The van der Waals surface area contributed by atoms with Crippen LogP contribution in [0.15, 0.2) is 30.3 Å². The molecule has 1 fully saturated rings. The molecule has 1 heterocycles. The Morgan fingerprint density at radius 2 is 2.17 bits per heavy atom. The number of amides is 2. The zero-order chi connectivity index (χ0) is 17.5. The van der Waals surface area contributed by atoms with Gasteiger partial charge in [-0.2, -0.15) is 0 Å². The van der Waals surface area contributed by atoms with Crippen LogP contribution in [0, 0.1) is 5.92 Å². The van der Waals surface area contributed by atoms with Crippen molar-refractivity contribution in [3.05, 3.63) is 35.9 Å². The van der Waals surface area contributed by atoms with Crippen molar-refractivity contribution in [2.75, 3.05) is 20.1 Å². The van der Waals surface area contributed by atoms with E-state index in [2.05, 4.69) is 5.32 Å². The minimum Gasteiger partial charge on any atom is -0.491 e. The molecule has 1 aromatic carbocycles. The lowest BCUT2D eigenvalue weighted by Gasteiger charge is -2.31. The van der Waals surface area contributed by atoms with Gasteiger partial charge in [0.2, 0.25) is 11.8 Å². The molecular formula is C19H26N2O3. The first-order chi connectivity index (χ1) is 11.5. The summed E-state index contributed by atoms with van der Waals surface area (Å²) >= 11 is 0. The number of carbonyl (C=O) groups is 2. The zero-order valence-electron chi connectivity index (χ0n) is 14.6. The number of nitrogens with one attached hydrogen (secondary N) is 1. The van der Waals surface area contributed by atoms with Crippen molar-refractivity contribution in [2.24, 2.45) is 5.92 Å². The second-order valence-corrected chi connectivity index (χ2v) is 6.31. The molecular weight excluding hydrogens is 304 g/mol. The van der Waals surface area contributed by atoms with Crippen LogP contribution in [0.5, 0.6) is 5.75 Å². The van der Waals surface area contributed by atoms with Crippen LogP contribution < -0.4 is 10.1 Å². The molecule has 1 atom stereocenters. The molecule has 0 aliphatic carbocycles. The number of likely N-dealkylation sites (tertiary alicyclic amines) is 1. The molecule has 1 saturated heterocycles. The van der Waals surface area contributed by atoms with Gasteiger partial charge in [-0.25, -0.2) is 0 Å². The van der Waals surface area contributed by atoms with Crippen molar-refractivity contribution in [1.82, 2.24) is 10.2 Å². The third-order valence-corrected chi connectivity index (χ3v) is 4.00. The fourth-order valence-corrected chi connectivity index (χ4v) is 2.83. The van der Waals surface area contributed by atoms with Crippen LogP contribution in [0.1, 0.15) is 32.3 Å². The first-order valence-corrected chi connectivity index (χ1v) is 8.45. The Morgan fingerprint density at radius 3 is 2.88 bits per heavy atom. The number of hydrogen-bond donors (Lipinski definition) is 1. The Balaban J connectivity index is 1.98. The van der Waals surface area contributed by atoms with E-state index in [1.54, 1.807) is 24.1 Å². The number of carbonyl (C=O) groups excluding carboxylic acids is 2. The summed E-state index contributed by atoms with van der Waals surface area (Å²) in [4.78, 5) is 25.9. The topological polar surface area (TPSA) is 58.6 Å². The van der Waals surface area contributed by atoms with Crippen LogP contribution in [0.4, 0.5) is 0 Å². The van der Waals surface area contributed by atoms with E-state index in [0.29, 0.717) is 13.1 Å². The maximum atomic E-state index is 12.4. The van der Waals surface area contributed by atoms with Gasteiger partial charge in [0, 0.05) is 26.2 Å². The molecule has 0 saturated carbocycles. The lowest BCUT2D eigenvalue weighted by molar-refractivity contribution is -0.131. The lowest BCUT2D eigenvalue weighted by atomic mass is 9.97. The fraction of sp³-hybridized carbons (Fsp3) is 0.474. The van der Waals surface area contributed by atoms with E-state index >= 15 is 0 Å². The van der Waals surface area contributed by atoms with E-state index in [9.17, 15) is 9.59 Å². The van der Waals surface area contributed by atoms with Crippen molar-refractivity contribution in [2.45, 2.75) is 32.8 Å². The zero-order valence-corrected chi connectivity index (χ0v) is 14.6. The van der Waals surface area contributed by atoms with Crippen LogP contribution in [-0.4, -0.2) is 43.0 Å². The summed E-state index contributed by atoms with van der Waals surface area (Å²) in [5.74, 6) is 0.634. The molecule has 2 rings (SSSR count). The van der Waals surface area contributed by atoms with Gasteiger partial charge >= 0.3 is 0 Å². The van der Waals surface area contributed by atoms with Crippen LogP contribution in [0.3, 0.4) is 0 Å². The van der Waals surface area contributed by atoms with E-state index in [1.807, 2.05) is 38.1 Å². The smallest absolute Gasteiger partial charge is 0.246 e. The van der Waals surface area contributed by atoms with Crippen LogP contribution in [0.2, 0.25) is 0 Å². The SMILES string of the molecule is CNC(=O)C1CCCN(C(=O)C=Cc2cccc(OC(C)C)c2)C1. The quantitative estimate of drug-likeness (QED) is 0.844. The monoisotopic (exact) mass is 330 g/mol. The van der Waals surface area contributed by atoms with Gasteiger partial charge < -0.3 is 15.0 Å². The summed E-state index contributed by atoms with van der Waals surface area (Å²) < 4.78 is 5.66. The normalized spacial score (nSPS) is 18.0. The molecule has 0 radical (unpaired) electrons. The second kappa shape index (κ2) is 8.52. The Labute approximate surface area is 143 Å². The highest BCUT2D eigenvalue weighted by Gasteiger charge is 2.26. The molecule has 1 aromatic rings. The number of hydrogen-bond acceptors (Lipinski definition) is 3. The Kier molecular flexibility index (Phi) is 6.41. The van der Waals surface area contributed by atoms with Gasteiger partial charge in [-0.3, -0.25) is 9.59 Å². The molecule has 1 aliphatic heterocycles. The molecule has 1 unspecified atom stereocenters. The summed E-state index contributed by atoms with van der Waals surface area (Å²) in [5, 5.41) is 2.66. The van der Waals surface area contributed by atoms with Gasteiger partial charge in [0.05, 0.1) is 12.0 Å². The Morgan fingerprint density at radius 1 is 1.38 bits per heavy atom. The molecule has 0 bridgehead atoms. The van der Waals surface area contributed by atoms with Crippen molar-refractivity contribution in [1.29, 1.82) is 0 Å². The number of benzene rings is 1. The molecule has 24 heavy (non-hydrogen) atoms. The number of nitrogens with zero attached hydrogens (tertiary/aromatic N) is 1. The van der Waals surface area contributed by atoms with E-state index in [-0.39, 0.29) is 23.8 Å². The average Bonchev–Trinajstić information content (AvgIpc) is 2.58. The molecule has 2 amide bonds. The Hall–Kier alpha value is -2.30. The molecule has 5 nitrogen and oxygen atoms in total. The fourth-order valence-electron chi connectivity index (χ4n) is 2.83. The number of piperidine rings is 1. The first-order valence-electron chi connectivity index (χ1n) is 8.45. The van der Waals surface area contributed by atoms with Crippen LogP contribution in [-0.2, 0) is 9.59 Å². The predicted octanol–water partition coefficient (Wildman–Crippen LogP) is 2.47. The maximum Gasteiger partial charge on any atom is 0.246 e. The molecule has 5 heteroatoms. The van der Waals surface area contributed by atoms with Crippen LogP contribution in [0.25, 0.3) is 6.08 Å². The Bertz CT molecular complexity index is 610. The summed E-state index contributed by atoms with van der Waals surface area (Å²) in [5.41, 5.74) is 0.918. The minimum atomic E-state index is -0.108. The summed E-state index contributed by atoms with van der Waals surface area (Å²) in [6, 6.07) is 7.65. The van der Waals surface area contributed by atoms with Crippen molar-refractivity contribution in [3.8, 4) is 5.75 Å². The van der Waals surface area contributed by atoms with Crippen molar-refractivity contribution in [3.63, 3.8) is 0 Å². The lowest BCUT2D eigenvalue weighted by Crippen LogP contribution is -2.44. The molecule has 0 spiro atoms. The number of rotatable bonds is 5. The van der Waals surface area contributed by atoms with Crippen molar-refractivity contribution < 1.29 is 14.3 Å². The largest absolute Gasteiger partial charge is 0.491 e. The van der Waals surface area contributed by atoms with Crippen molar-refractivity contribution >= 4 is 17.9 Å². The third kappa shape index (κ3) is 5.11.